The fourth-order valence-electron chi connectivity index (χ4n) is 0.758. The van der Waals surface area contributed by atoms with Gasteiger partial charge in [0.15, 0.2) is 12.6 Å². The van der Waals surface area contributed by atoms with Crippen LogP contribution >= 0.6 is 0 Å². The van der Waals surface area contributed by atoms with Crippen molar-refractivity contribution in [1.29, 1.82) is 0 Å². The molecule has 0 unspecified atom stereocenters. The van der Waals surface area contributed by atoms with Gasteiger partial charge < -0.3 is 14.8 Å². The molecule has 1 rings (SSSR count). The molecule has 0 aromatic rings. The predicted octanol–water partition coefficient (Wildman–Crippen LogP) is -0.0161. The highest BCUT2D eigenvalue weighted by molar-refractivity contribution is 5.76. The van der Waals surface area contributed by atoms with Gasteiger partial charge in [-0.2, -0.15) is 4.99 Å². The number of ether oxygens (including phenoxy) is 2. The summed E-state index contributed by atoms with van der Waals surface area (Å²) in [6.07, 6.45) is 2.60. The monoisotopic (exact) mass is 188 g/mol. The van der Waals surface area contributed by atoms with Crippen molar-refractivity contribution in [2.75, 3.05) is 20.8 Å². The van der Waals surface area contributed by atoms with Crippen molar-refractivity contribution in [3.05, 3.63) is 12.0 Å². The van der Waals surface area contributed by atoms with Crippen molar-refractivity contribution in [3.8, 4) is 0 Å². The normalized spacial score (nSPS) is 14.8. The van der Waals surface area contributed by atoms with Crippen LogP contribution in [-0.2, 0) is 19.3 Å². The van der Waals surface area contributed by atoms with Gasteiger partial charge in [-0.1, -0.05) is 0 Å². The van der Waals surface area contributed by atoms with Gasteiger partial charge in [0.2, 0.25) is 0 Å². The number of rotatable bonds is 5. The van der Waals surface area contributed by atoms with Crippen LogP contribution in [0.2, 0.25) is 0 Å². The zero-order chi connectivity index (χ0) is 9.52. The summed E-state index contributed by atoms with van der Waals surface area (Å²) in [7, 11) is 3.14. The third-order valence-corrected chi connectivity index (χ3v) is 1.45. The summed E-state index contributed by atoms with van der Waals surface area (Å²) in [5.41, 5.74) is 0.699. The zero-order valence-electron chi connectivity index (χ0n) is 7.52. The summed E-state index contributed by atoms with van der Waals surface area (Å²) in [4.78, 5) is 8.73. The minimum Gasteiger partial charge on any atom is -0.376 e. The van der Waals surface area contributed by atoms with Crippen molar-refractivity contribution in [1.82, 2.24) is 5.32 Å². The zero-order valence-corrected chi connectivity index (χ0v) is 7.52. The maximum absolute atomic E-state index is 4.96. The van der Waals surface area contributed by atoms with E-state index >= 15 is 0 Å². The van der Waals surface area contributed by atoms with Crippen LogP contribution < -0.4 is 5.32 Å². The first-order valence-corrected chi connectivity index (χ1v) is 3.72. The van der Waals surface area contributed by atoms with E-state index in [1.54, 1.807) is 14.2 Å². The molecule has 0 fully saturated rings. The van der Waals surface area contributed by atoms with Gasteiger partial charge in [-0.05, 0) is 5.16 Å². The van der Waals surface area contributed by atoms with Gasteiger partial charge in [-0.15, -0.1) is 0 Å². The number of nitrogens with one attached hydrogen (secondary N) is 1. The Hall–Kier alpha value is -1.27. The van der Waals surface area contributed by atoms with E-state index in [-0.39, 0.29) is 6.29 Å². The van der Waals surface area contributed by atoms with Gasteiger partial charge in [0.25, 0.3) is 0 Å². The largest absolute Gasteiger partial charge is 0.376 e. The fourth-order valence-corrected chi connectivity index (χ4v) is 0.758. The van der Waals surface area contributed by atoms with Gasteiger partial charge in [-0.3, -0.25) is 4.89 Å². The van der Waals surface area contributed by atoms with Crippen LogP contribution in [0.1, 0.15) is 0 Å². The number of oxime groups is 1. The Labute approximate surface area is 76.0 Å². The summed E-state index contributed by atoms with van der Waals surface area (Å²) < 4.78 is 9.92. The van der Waals surface area contributed by atoms with E-state index in [2.05, 4.69) is 20.3 Å². The molecular formula is C7H12N2O4. The summed E-state index contributed by atoms with van der Waals surface area (Å²) >= 11 is 0. The van der Waals surface area contributed by atoms with Crippen LogP contribution in [-0.4, -0.2) is 33.3 Å². The Morgan fingerprint density at radius 3 is 2.85 bits per heavy atom. The van der Waals surface area contributed by atoms with Crippen LogP contribution in [0.5, 0.6) is 0 Å². The maximum Gasteiger partial charge on any atom is 0.173 e. The first-order chi connectivity index (χ1) is 6.36. The van der Waals surface area contributed by atoms with Gasteiger partial charge >= 0.3 is 0 Å². The van der Waals surface area contributed by atoms with E-state index in [1.165, 1.54) is 12.5 Å². The fraction of sp³-hybridized carbons (Fsp3) is 0.571. The topological polar surface area (TPSA) is 61.3 Å². The second-order valence-corrected chi connectivity index (χ2v) is 2.26. The van der Waals surface area contributed by atoms with Crippen LogP contribution in [0, 0.1) is 0 Å². The molecule has 1 aliphatic heterocycles. The van der Waals surface area contributed by atoms with Gasteiger partial charge in [0, 0.05) is 14.2 Å². The van der Waals surface area contributed by atoms with Crippen molar-refractivity contribution in [2.24, 2.45) is 5.16 Å². The molecule has 0 aromatic heterocycles. The van der Waals surface area contributed by atoms with Crippen LogP contribution in [0.3, 0.4) is 0 Å². The van der Waals surface area contributed by atoms with Gasteiger partial charge in [0.05, 0.1) is 18.5 Å². The minimum absolute atomic E-state index is 0.294. The molecule has 1 N–H and O–H groups in total. The van der Waals surface area contributed by atoms with E-state index < -0.39 is 0 Å². The number of hydrogen-bond donors (Lipinski definition) is 1. The third-order valence-electron chi connectivity index (χ3n) is 1.45. The summed E-state index contributed by atoms with van der Waals surface area (Å²) in [5, 5.41) is 6.41. The van der Waals surface area contributed by atoms with E-state index in [9.17, 15) is 0 Å². The van der Waals surface area contributed by atoms with E-state index in [0.29, 0.717) is 12.2 Å². The number of nitrogens with zero attached hydrogens (tertiary/aromatic N) is 1. The Balaban J connectivity index is 2.24. The molecular weight excluding hydrogens is 176 g/mol. The predicted molar refractivity (Wildman–Crippen MR) is 44.6 cm³/mol. The Bertz CT molecular complexity index is 201. The van der Waals surface area contributed by atoms with Crippen molar-refractivity contribution in [2.45, 2.75) is 6.29 Å². The minimum atomic E-state index is -0.294. The quantitative estimate of drug-likeness (QED) is 0.485. The van der Waals surface area contributed by atoms with Crippen molar-refractivity contribution < 1.29 is 19.3 Å². The first-order valence-electron chi connectivity index (χ1n) is 3.72. The second-order valence-electron chi connectivity index (χ2n) is 2.26. The number of allylic oxidation sites excluding steroid dienone is 1. The average molecular weight is 188 g/mol. The molecule has 74 valence electrons. The lowest BCUT2D eigenvalue weighted by Gasteiger charge is -2.15. The highest BCUT2D eigenvalue weighted by Gasteiger charge is 2.06. The number of hydrogen-bond acceptors (Lipinski definition) is 6. The second kappa shape index (κ2) is 5.39. The molecule has 0 spiro atoms. The maximum atomic E-state index is 4.96. The molecule has 6 nitrogen and oxygen atoms in total. The molecule has 0 aromatic carbocycles. The van der Waals surface area contributed by atoms with E-state index in [4.69, 9.17) is 9.47 Å². The number of methoxy groups -OCH3 is 2. The Morgan fingerprint density at radius 2 is 2.31 bits per heavy atom. The van der Waals surface area contributed by atoms with E-state index in [0.717, 1.165) is 0 Å². The standard InChI is InChI=1S/C7H12N2O4/c1-10-7(11-2)4-8-6-3-9-13-12-5-6/h3,5,7-8H,4H2,1-2H3. The lowest BCUT2D eigenvalue weighted by molar-refractivity contribution is -0.252. The molecule has 0 radical (unpaired) electrons. The molecule has 0 bridgehead atoms. The smallest absolute Gasteiger partial charge is 0.173 e. The van der Waals surface area contributed by atoms with E-state index in [1.807, 2.05) is 0 Å². The lowest BCUT2D eigenvalue weighted by Crippen LogP contribution is -2.30. The average Bonchev–Trinajstić information content (AvgIpc) is 2.21. The van der Waals surface area contributed by atoms with Crippen LogP contribution in [0.15, 0.2) is 17.1 Å². The molecule has 0 aliphatic carbocycles. The molecule has 0 saturated carbocycles. The first kappa shape index (κ1) is 9.82. The van der Waals surface area contributed by atoms with Gasteiger partial charge in [-0.25, -0.2) is 0 Å². The summed E-state index contributed by atoms with van der Waals surface area (Å²) in [6, 6.07) is 0. The summed E-state index contributed by atoms with van der Waals surface area (Å²) in [6.45, 7) is 0.508. The van der Waals surface area contributed by atoms with Crippen molar-refractivity contribution in [3.63, 3.8) is 0 Å². The Morgan fingerprint density at radius 1 is 1.54 bits per heavy atom. The van der Waals surface area contributed by atoms with Crippen molar-refractivity contribution >= 4 is 6.21 Å². The lowest BCUT2D eigenvalue weighted by atomic mass is 10.5. The molecule has 1 heterocycles. The van der Waals surface area contributed by atoms with Crippen LogP contribution in [0.4, 0.5) is 0 Å². The SMILES string of the molecule is COC(CNC1=COON=C1)OC. The molecule has 0 saturated heterocycles. The molecule has 6 heteroatoms. The molecule has 1 aliphatic rings. The molecule has 13 heavy (non-hydrogen) atoms. The Kier molecular flexibility index (Phi) is 4.07. The highest BCUT2D eigenvalue weighted by atomic mass is 17.3. The molecule has 0 amide bonds. The van der Waals surface area contributed by atoms with Gasteiger partial charge in [0.1, 0.15) is 0 Å². The van der Waals surface area contributed by atoms with Crippen LogP contribution in [0.25, 0.3) is 0 Å². The summed E-state index contributed by atoms with van der Waals surface area (Å²) in [5.74, 6) is 0. The highest BCUT2D eigenvalue weighted by Crippen LogP contribution is 1.97. The third kappa shape index (κ3) is 3.30. The molecule has 0 atom stereocenters.